The van der Waals surface area contributed by atoms with Gasteiger partial charge in [0.25, 0.3) is 5.91 Å². The minimum atomic E-state index is -0.270. The summed E-state index contributed by atoms with van der Waals surface area (Å²) in [6.45, 7) is 9.02. The molecule has 0 aromatic heterocycles. The van der Waals surface area contributed by atoms with Crippen LogP contribution in [0.1, 0.15) is 29.2 Å². The number of nitrogens with one attached hydrogen (secondary N) is 2. The lowest BCUT2D eigenvalue weighted by Crippen LogP contribution is -2.20. The summed E-state index contributed by atoms with van der Waals surface area (Å²) in [6, 6.07) is 17.5. The summed E-state index contributed by atoms with van der Waals surface area (Å²) in [5.74, 6) is 0.866. The molecule has 3 aromatic rings. The molecule has 0 saturated heterocycles. The predicted molar refractivity (Wildman–Crippen MR) is 131 cm³/mol. The SMILES string of the molecule is CCOc1cc(CNc2ccc(C)cc2C)ccc1OCC(=O)Nc1ccc(C)c(Cl)c1. The number of anilines is 2. The van der Waals surface area contributed by atoms with Crippen LogP contribution in [0.3, 0.4) is 0 Å². The molecule has 0 bridgehead atoms. The van der Waals surface area contributed by atoms with E-state index in [-0.39, 0.29) is 12.5 Å². The Morgan fingerprint density at radius 3 is 2.44 bits per heavy atom. The predicted octanol–water partition coefficient (Wildman–Crippen LogP) is 6.29. The monoisotopic (exact) mass is 452 g/mol. The average Bonchev–Trinajstić information content (AvgIpc) is 2.75. The van der Waals surface area contributed by atoms with Crippen molar-refractivity contribution >= 4 is 28.9 Å². The zero-order valence-electron chi connectivity index (χ0n) is 18.9. The van der Waals surface area contributed by atoms with Gasteiger partial charge < -0.3 is 20.1 Å². The Bertz CT molecular complexity index is 1100. The lowest BCUT2D eigenvalue weighted by atomic mass is 10.1. The van der Waals surface area contributed by atoms with Crippen LogP contribution in [0, 0.1) is 20.8 Å². The zero-order chi connectivity index (χ0) is 23.1. The van der Waals surface area contributed by atoms with E-state index in [0.717, 1.165) is 16.8 Å². The van der Waals surface area contributed by atoms with E-state index in [1.807, 2.05) is 44.2 Å². The Morgan fingerprint density at radius 2 is 1.72 bits per heavy atom. The molecule has 6 heteroatoms. The quantitative estimate of drug-likeness (QED) is 0.400. The van der Waals surface area contributed by atoms with E-state index >= 15 is 0 Å². The van der Waals surface area contributed by atoms with Gasteiger partial charge in [-0.3, -0.25) is 4.79 Å². The van der Waals surface area contributed by atoms with Crippen molar-refractivity contribution in [2.75, 3.05) is 23.8 Å². The Balaban J connectivity index is 1.62. The number of hydrogen-bond acceptors (Lipinski definition) is 4. The summed E-state index contributed by atoms with van der Waals surface area (Å²) < 4.78 is 11.5. The molecule has 5 nitrogen and oxygen atoms in total. The Hall–Kier alpha value is -3.18. The number of halogens is 1. The summed E-state index contributed by atoms with van der Waals surface area (Å²) in [5.41, 5.74) is 6.18. The molecule has 0 aliphatic rings. The third-order valence-corrected chi connectivity index (χ3v) is 5.39. The van der Waals surface area contributed by atoms with Gasteiger partial charge in [-0.15, -0.1) is 0 Å². The van der Waals surface area contributed by atoms with Gasteiger partial charge in [-0.2, -0.15) is 0 Å². The lowest BCUT2D eigenvalue weighted by molar-refractivity contribution is -0.118. The molecular weight excluding hydrogens is 424 g/mol. The molecule has 0 aliphatic carbocycles. The molecule has 32 heavy (non-hydrogen) atoms. The molecule has 0 fully saturated rings. The number of rotatable bonds is 9. The van der Waals surface area contributed by atoms with Crippen LogP contribution in [0.4, 0.5) is 11.4 Å². The first-order chi connectivity index (χ1) is 15.4. The summed E-state index contributed by atoms with van der Waals surface area (Å²) in [5, 5.41) is 6.86. The molecule has 0 saturated carbocycles. The summed E-state index contributed by atoms with van der Waals surface area (Å²) in [4.78, 5) is 12.3. The van der Waals surface area contributed by atoms with Crippen LogP contribution < -0.4 is 20.1 Å². The molecule has 0 unspecified atom stereocenters. The van der Waals surface area contributed by atoms with Gasteiger partial charge in [0.05, 0.1) is 6.61 Å². The largest absolute Gasteiger partial charge is 0.490 e. The van der Waals surface area contributed by atoms with Gasteiger partial charge in [-0.25, -0.2) is 0 Å². The zero-order valence-corrected chi connectivity index (χ0v) is 19.7. The molecule has 168 valence electrons. The fourth-order valence-corrected chi connectivity index (χ4v) is 3.45. The van der Waals surface area contributed by atoms with E-state index in [0.29, 0.717) is 35.4 Å². The van der Waals surface area contributed by atoms with Crippen molar-refractivity contribution in [3.8, 4) is 11.5 Å². The standard InChI is InChI=1S/C26H29ClN2O3/c1-5-31-25-13-20(15-28-23-10-6-17(2)12-19(23)4)8-11-24(25)32-16-26(30)29-21-9-7-18(3)22(27)14-21/h6-14,28H,5,15-16H2,1-4H3,(H,29,30). The van der Waals surface area contributed by atoms with Crippen LogP contribution in [0.5, 0.6) is 11.5 Å². The molecule has 0 spiro atoms. The number of carbonyl (C=O) groups excluding carboxylic acids is 1. The highest BCUT2D eigenvalue weighted by Gasteiger charge is 2.11. The van der Waals surface area contributed by atoms with Crippen molar-refractivity contribution < 1.29 is 14.3 Å². The molecule has 0 aliphatic heterocycles. The second-order valence-electron chi connectivity index (χ2n) is 7.69. The first-order valence-electron chi connectivity index (χ1n) is 10.6. The van der Waals surface area contributed by atoms with Crippen LogP contribution in [0.15, 0.2) is 54.6 Å². The minimum Gasteiger partial charge on any atom is -0.490 e. The van der Waals surface area contributed by atoms with Crippen LogP contribution in [0.25, 0.3) is 0 Å². The highest BCUT2D eigenvalue weighted by atomic mass is 35.5. The fourth-order valence-electron chi connectivity index (χ4n) is 3.27. The molecular formula is C26H29ClN2O3. The van der Waals surface area contributed by atoms with E-state index in [1.54, 1.807) is 6.07 Å². The van der Waals surface area contributed by atoms with Gasteiger partial charge in [-0.1, -0.05) is 41.4 Å². The summed E-state index contributed by atoms with van der Waals surface area (Å²) in [7, 11) is 0. The van der Waals surface area contributed by atoms with Crippen molar-refractivity contribution in [1.82, 2.24) is 0 Å². The molecule has 0 heterocycles. The first kappa shape index (κ1) is 23.5. The number of ether oxygens (including phenoxy) is 2. The Labute approximate surface area is 194 Å². The maximum absolute atomic E-state index is 12.3. The number of aryl methyl sites for hydroxylation is 3. The van der Waals surface area contributed by atoms with Crippen molar-refractivity contribution in [2.45, 2.75) is 34.2 Å². The van der Waals surface area contributed by atoms with Gasteiger partial charge in [0.1, 0.15) is 0 Å². The topological polar surface area (TPSA) is 59.6 Å². The highest BCUT2D eigenvalue weighted by Crippen LogP contribution is 2.29. The Morgan fingerprint density at radius 1 is 0.906 bits per heavy atom. The summed E-state index contributed by atoms with van der Waals surface area (Å²) in [6.07, 6.45) is 0. The number of amides is 1. The molecule has 3 aromatic carbocycles. The van der Waals surface area contributed by atoms with E-state index in [2.05, 4.69) is 42.7 Å². The van der Waals surface area contributed by atoms with Crippen molar-refractivity contribution in [3.63, 3.8) is 0 Å². The van der Waals surface area contributed by atoms with Crippen molar-refractivity contribution in [2.24, 2.45) is 0 Å². The molecule has 1 amide bonds. The van der Waals surface area contributed by atoms with E-state index in [9.17, 15) is 4.79 Å². The average molecular weight is 453 g/mol. The first-order valence-corrected chi connectivity index (χ1v) is 11.0. The Kier molecular flexibility index (Phi) is 8.01. The van der Waals surface area contributed by atoms with Gasteiger partial charge >= 0.3 is 0 Å². The number of carbonyl (C=O) groups is 1. The summed E-state index contributed by atoms with van der Waals surface area (Å²) >= 11 is 6.12. The van der Waals surface area contributed by atoms with Crippen LogP contribution in [-0.4, -0.2) is 19.1 Å². The fraction of sp³-hybridized carbons (Fsp3) is 0.269. The van der Waals surface area contributed by atoms with Crippen LogP contribution in [0.2, 0.25) is 5.02 Å². The number of hydrogen-bond donors (Lipinski definition) is 2. The smallest absolute Gasteiger partial charge is 0.262 e. The number of benzene rings is 3. The minimum absolute atomic E-state index is 0.133. The van der Waals surface area contributed by atoms with E-state index < -0.39 is 0 Å². The van der Waals surface area contributed by atoms with E-state index in [1.165, 1.54) is 11.1 Å². The molecule has 0 atom stereocenters. The van der Waals surface area contributed by atoms with Gasteiger partial charge in [0.2, 0.25) is 0 Å². The maximum atomic E-state index is 12.3. The van der Waals surface area contributed by atoms with Crippen molar-refractivity contribution in [1.29, 1.82) is 0 Å². The second-order valence-corrected chi connectivity index (χ2v) is 8.09. The van der Waals surface area contributed by atoms with Crippen LogP contribution in [-0.2, 0) is 11.3 Å². The third-order valence-electron chi connectivity index (χ3n) is 4.99. The van der Waals surface area contributed by atoms with E-state index in [4.69, 9.17) is 21.1 Å². The lowest BCUT2D eigenvalue weighted by Gasteiger charge is -2.15. The molecule has 3 rings (SSSR count). The highest BCUT2D eigenvalue weighted by molar-refractivity contribution is 6.31. The second kappa shape index (κ2) is 10.9. The van der Waals surface area contributed by atoms with Gasteiger partial charge in [0.15, 0.2) is 18.1 Å². The van der Waals surface area contributed by atoms with Crippen LogP contribution >= 0.6 is 11.6 Å². The normalized spacial score (nSPS) is 10.5. The maximum Gasteiger partial charge on any atom is 0.262 e. The third kappa shape index (κ3) is 6.41. The molecule has 0 radical (unpaired) electrons. The van der Waals surface area contributed by atoms with Gasteiger partial charge in [0, 0.05) is 22.9 Å². The van der Waals surface area contributed by atoms with Crippen molar-refractivity contribution in [3.05, 3.63) is 81.9 Å². The molecule has 2 N–H and O–H groups in total. The van der Waals surface area contributed by atoms with Gasteiger partial charge in [-0.05, 0) is 74.7 Å².